The summed E-state index contributed by atoms with van der Waals surface area (Å²) in [6, 6.07) is 0. The van der Waals surface area contributed by atoms with E-state index in [1.165, 1.54) is 0 Å². The second-order valence-electron chi connectivity index (χ2n) is 4.47. The highest BCUT2D eigenvalue weighted by Gasteiger charge is 2.23. The minimum Gasteiger partial charge on any atom is -0.356 e. The van der Waals surface area contributed by atoms with Gasteiger partial charge < -0.3 is 15.6 Å². The van der Waals surface area contributed by atoms with Crippen molar-refractivity contribution in [2.45, 2.75) is 25.7 Å². The number of aromatic amines is 1. The number of hydrogen-bond donors (Lipinski definition) is 3. The topological polar surface area (TPSA) is 86.9 Å². The molecule has 1 atom stereocenters. The zero-order valence-electron chi connectivity index (χ0n) is 10.2. The van der Waals surface area contributed by atoms with E-state index >= 15 is 0 Å². The second kappa shape index (κ2) is 6.18. The van der Waals surface area contributed by atoms with Crippen molar-refractivity contribution in [3.63, 3.8) is 0 Å². The first-order chi connectivity index (χ1) is 8.75. The molecule has 0 spiro atoms. The maximum absolute atomic E-state index is 11.8. The molecule has 2 amide bonds. The first-order valence-corrected chi connectivity index (χ1v) is 6.28. The molecule has 0 aliphatic carbocycles. The average molecular weight is 250 g/mol. The number of imidazole rings is 1. The highest BCUT2D eigenvalue weighted by atomic mass is 16.2. The Labute approximate surface area is 106 Å². The number of H-pyrrole nitrogens is 1. The van der Waals surface area contributed by atoms with Gasteiger partial charge in [-0.25, -0.2) is 4.98 Å². The molecule has 1 aliphatic rings. The van der Waals surface area contributed by atoms with Crippen molar-refractivity contribution in [1.29, 1.82) is 0 Å². The molecule has 6 nitrogen and oxygen atoms in total. The van der Waals surface area contributed by atoms with Gasteiger partial charge in [0.25, 0.3) is 0 Å². The summed E-state index contributed by atoms with van der Waals surface area (Å²) in [7, 11) is 0. The molecule has 0 saturated carbocycles. The molecular formula is C12H18N4O2. The fourth-order valence-corrected chi connectivity index (χ4v) is 2.00. The minimum atomic E-state index is -0.0775. The van der Waals surface area contributed by atoms with Gasteiger partial charge >= 0.3 is 0 Å². The quantitative estimate of drug-likeness (QED) is 0.642. The molecule has 1 aliphatic heterocycles. The van der Waals surface area contributed by atoms with E-state index in [9.17, 15) is 9.59 Å². The smallest absolute Gasteiger partial charge is 0.224 e. The summed E-state index contributed by atoms with van der Waals surface area (Å²) < 4.78 is 0. The number of amides is 2. The van der Waals surface area contributed by atoms with Crippen LogP contribution in [0.25, 0.3) is 0 Å². The van der Waals surface area contributed by atoms with Gasteiger partial charge in [0.15, 0.2) is 0 Å². The molecule has 2 heterocycles. The fraction of sp³-hybridized carbons (Fsp3) is 0.583. The van der Waals surface area contributed by atoms with Crippen LogP contribution in [-0.2, 0) is 16.0 Å². The number of aryl methyl sites for hydroxylation is 1. The zero-order valence-corrected chi connectivity index (χ0v) is 10.2. The van der Waals surface area contributed by atoms with Gasteiger partial charge in [0, 0.05) is 38.3 Å². The first kappa shape index (κ1) is 12.6. The molecule has 18 heavy (non-hydrogen) atoms. The number of carbonyl (C=O) groups is 2. The zero-order chi connectivity index (χ0) is 12.8. The van der Waals surface area contributed by atoms with Crippen molar-refractivity contribution in [3.05, 3.63) is 18.2 Å². The molecule has 0 radical (unpaired) electrons. The van der Waals surface area contributed by atoms with E-state index < -0.39 is 0 Å². The minimum absolute atomic E-state index is 0.0365. The van der Waals surface area contributed by atoms with E-state index in [4.69, 9.17) is 0 Å². The van der Waals surface area contributed by atoms with Crippen molar-refractivity contribution in [2.75, 3.05) is 13.1 Å². The number of rotatable bonds is 5. The normalized spacial score (nSPS) is 19.3. The monoisotopic (exact) mass is 250 g/mol. The van der Waals surface area contributed by atoms with Gasteiger partial charge in [-0.3, -0.25) is 9.59 Å². The van der Waals surface area contributed by atoms with Crippen molar-refractivity contribution in [3.8, 4) is 0 Å². The Balaban J connectivity index is 1.61. The largest absolute Gasteiger partial charge is 0.356 e. The Morgan fingerprint density at radius 3 is 3.11 bits per heavy atom. The molecule has 1 saturated heterocycles. The molecule has 98 valence electrons. The predicted molar refractivity (Wildman–Crippen MR) is 65.7 cm³/mol. The lowest BCUT2D eigenvalue weighted by atomic mass is 9.98. The van der Waals surface area contributed by atoms with Gasteiger partial charge in [0.1, 0.15) is 5.82 Å². The SMILES string of the molecule is O=C1CCC(C(=O)NCCCc2ncc[nH]2)CN1. The van der Waals surface area contributed by atoms with E-state index in [1.807, 2.05) is 0 Å². The van der Waals surface area contributed by atoms with Gasteiger partial charge in [0.2, 0.25) is 11.8 Å². The third-order valence-electron chi connectivity index (χ3n) is 3.08. The summed E-state index contributed by atoms with van der Waals surface area (Å²) in [5, 5.41) is 5.61. The predicted octanol–water partition coefficient (Wildman–Crippen LogP) is -0.0153. The summed E-state index contributed by atoms with van der Waals surface area (Å²) >= 11 is 0. The molecule has 3 N–H and O–H groups in total. The molecular weight excluding hydrogens is 232 g/mol. The Morgan fingerprint density at radius 1 is 1.56 bits per heavy atom. The summed E-state index contributed by atoms with van der Waals surface area (Å²) in [4.78, 5) is 29.9. The van der Waals surface area contributed by atoms with Gasteiger partial charge in [0.05, 0.1) is 5.92 Å². The summed E-state index contributed by atoms with van der Waals surface area (Å²) in [6.07, 6.45) is 6.30. The Hall–Kier alpha value is -1.85. The van der Waals surface area contributed by atoms with Gasteiger partial charge in [-0.05, 0) is 12.8 Å². The van der Waals surface area contributed by atoms with E-state index in [0.29, 0.717) is 25.9 Å². The van der Waals surface area contributed by atoms with Crippen LogP contribution in [0.2, 0.25) is 0 Å². The highest BCUT2D eigenvalue weighted by molar-refractivity contribution is 5.83. The Kier molecular flexibility index (Phi) is 4.33. The number of carbonyl (C=O) groups excluding carboxylic acids is 2. The molecule has 1 aromatic rings. The fourth-order valence-electron chi connectivity index (χ4n) is 2.00. The van der Waals surface area contributed by atoms with E-state index in [2.05, 4.69) is 20.6 Å². The highest BCUT2D eigenvalue weighted by Crippen LogP contribution is 2.10. The Morgan fingerprint density at radius 2 is 2.44 bits per heavy atom. The standard InChI is InChI=1S/C12H18N4O2/c17-11-4-3-9(8-16-11)12(18)15-5-1-2-10-13-6-7-14-10/h6-7,9H,1-5,8H2,(H,13,14)(H,15,18)(H,16,17). The summed E-state index contributed by atoms with van der Waals surface area (Å²) in [5.41, 5.74) is 0. The molecule has 6 heteroatoms. The van der Waals surface area contributed by atoms with Crippen LogP contribution in [0.3, 0.4) is 0 Å². The summed E-state index contributed by atoms with van der Waals surface area (Å²) in [5.74, 6) is 0.937. The number of aromatic nitrogens is 2. The van der Waals surface area contributed by atoms with Crippen LogP contribution < -0.4 is 10.6 Å². The molecule has 0 aromatic carbocycles. The van der Waals surface area contributed by atoms with Crippen molar-refractivity contribution in [1.82, 2.24) is 20.6 Å². The van der Waals surface area contributed by atoms with Gasteiger partial charge in [-0.1, -0.05) is 0 Å². The van der Waals surface area contributed by atoms with Crippen LogP contribution in [0.4, 0.5) is 0 Å². The lowest BCUT2D eigenvalue weighted by molar-refractivity contribution is -0.128. The third-order valence-corrected chi connectivity index (χ3v) is 3.08. The average Bonchev–Trinajstić information content (AvgIpc) is 2.88. The second-order valence-corrected chi connectivity index (χ2v) is 4.47. The van der Waals surface area contributed by atoms with E-state index in [-0.39, 0.29) is 17.7 Å². The Bertz CT molecular complexity index is 392. The van der Waals surface area contributed by atoms with Gasteiger partial charge in [-0.2, -0.15) is 0 Å². The number of nitrogens with zero attached hydrogens (tertiary/aromatic N) is 1. The molecule has 0 bridgehead atoms. The van der Waals surface area contributed by atoms with Gasteiger partial charge in [-0.15, -0.1) is 0 Å². The van der Waals surface area contributed by atoms with E-state index in [0.717, 1.165) is 18.7 Å². The lowest BCUT2D eigenvalue weighted by Gasteiger charge is -2.21. The number of nitrogens with one attached hydrogen (secondary N) is 3. The van der Waals surface area contributed by atoms with Crippen LogP contribution in [0, 0.1) is 5.92 Å². The van der Waals surface area contributed by atoms with Crippen LogP contribution in [0.15, 0.2) is 12.4 Å². The maximum Gasteiger partial charge on any atom is 0.224 e. The van der Waals surface area contributed by atoms with Crippen LogP contribution in [0.1, 0.15) is 25.1 Å². The van der Waals surface area contributed by atoms with E-state index in [1.54, 1.807) is 12.4 Å². The molecule has 1 aromatic heterocycles. The third kappa shape index (κ3) is 3.58. The van der Waals surface area contributed by atoms with Crippen LogP contribution in [-0.4, -0.2) is 34.9 Å². The number of piperidine rings is 1. The maximum atomic E-state index is 11.8. The van der Waals surface area contributed by atoms with Crippen molar-refractivity contribution in [2.24, 2.45) is 5.92 Å². The molecule has 1 fully saturated rings. The lowest BCUT2D eigenvalue weighted by Crippen LogP contribution is -2.43. The molecule has 2 rings (SSSR count). The number of hydrogen-bond acceptors (Lipinski definition) is 3. The van der Waals surface area contributed by atoms with Crippen LogP contribution in [0.5, 0.6) is 0 Å². The van der Waals surface area contributed by atoms with Crippen molar-refractivity contribution < 1.29 is 9.59 Å². The summed E-state index contributed by atoms with van der Waals surface area (Å²) in [6.45, 7) is 1.10. The van der Waals surface area contributed by atoms with Crippen LogP contribution >= 0.6 is 0 Å². The molecule has 1 unspecified atom stereocenters. The van der Waals surface area contributed by atoms with Crippen molar-refractivity contribution >= 4 is 11.8 Å². The first-order valence-electron chi connectivity index (χ1n) is 6.28.